The molecule has 2 N–H and O–H groups in total. The van der Waals surface area contributed by atoms with E-state index in [0.29, 0.717) is 24.3 Å². The average Bonchev–Trinajstić information content (AvgIpc) is 2.73. The van der Waals surface area contributed by atoms with Crippen LogP contribution in [0.3, 0.4) is 0 Å². The van der Waals surface area contributed by atoms with Gasteiger partial charge in [-0.05, 0) is 35.9 Å². The lowest BCUT2D eigenvalue weighted by Gasteiger charge is -2.32. The lowest BCUT2D eigenvalue weighted by Crippen LogP contribution is -2.49. The van der Waals surface area contributed by atoms with Crippen LogP contribution in [0, 0.1) is 5.82 Å². The van der Waals surface area contributed by atoms with E-state index < -0.39 is 12.2 Å². The molecule has 3 rings (SSSR count). The van der Waals surface area contributed by atoms with Gasteiger partial charge in [0.15, 0.2) is 0 Å². The summed E-state index contributed by atoms with van der Waals surface area (Å²) >= 11 is 5.81. The summed E-state index contributed by atoms with van der Waals surface area (Å²) in [6.07, 6.45) is -0.891. The maximum Gasteiger partial charge on any atom is 0.410 e. The van der Waals surface area contributed by atoms with E-state index in [1.807, 2.05) is 0 Å². The molecule has 2 amide bonds. The molecule has 1 heterocycles. The molecule has 7 nitrogen and oxygen atoms in total. The molecule has 0 aliphatic carbocycles. The molecule has 1 aliphatic rings. The van der Waals surface area contributed by atoms with Crippen LogP contribution >= 0.6 is 11.6 Å². The highest BCUT2D eigenvalue weighted by molar-refractivity contribution is 6.32. The Balaban J connectivity index is 1.46. The zero-order valence-electron chi connectivity index (χ0n) is 15.4. The Labute approximate surface area is 172 Å². The Morgan fingerprint density at radius 3 is 2.76 bits per heavy atom. The highest BCUT2D eigenvalue weighted by Crippen LogP contribution is 2.23. The van der Waals surface area contributed by atoms with Crippen molar-refractivity contribution in [3.8, 4) is 5.75 Å². The number of amides is 2. The van der Waals surface area contributed by atoms with Crippen LogP contribution in [0.15, 0.2) is 42.5 Å². The number of aromatic hydroxyl groups is 1. The second-order valence-electron chi connectivity index (χ2n) is 6.50. The van der Waals surface area contributed by atoms with E-state index >= 15 is 0 Å². The number of phenolic OH excluding ortho intramolecular Hbond substituents is 1. The number of benzene rings is 2. The molecule has 154 valence electrons. The Morgan fingerprint density at radius 1 is 1.28 bits per heavy atom. The summed E-state index contributed by atoms with van der Waals surface area (Å²) < 4.78 is 23.8. The maximum atomic E-state index is 12.9. The third-order valence-corrected chi connectivity index (χ3v) is 4.68. The van der Waals surface area contributed by atoms with E-state index in [1.54, 1.807) is 12.1 Å². The molecule has 1 fully saturated rings. The van der Waals surface area contributed by atoms with E-state index in [0.717, 1.165) is 0 Å². The highest BCUT2D eigenvalue weighted by atomic mass is 35.5. The van der Waals surface area contributed by atoms with Crippen LogP contribution in [0.4, 0.5) is 9.18 Å². The molecule has 1 atom stereocenters. The van der Waals surface area contributed by atoms with Gasteiger partial charge in [-0.1, -0.05) is 23.7 Å². The number of nitrogens with one attached hydrogen (secondary N) is 1. The minimum Gasteiger partial charge on any atom is -0.506 e. The van der Waals surface area contributed by atoms with Crippen molar-refractivity contribution in [1.29, 1.82) is 0 Å². The van der Waals surface area contributed by atoms with E-state index in [2.05, 4.69) is 5.32 Å². The largest absolute Gasteiger partial charge is 0.506 e. The van der Waals surface area contributed by atoms with E-state index in [-0.39, 0.29) is 42.2 Å². The van der Waals surface area contributed by atoms with Gasteiger partial charge in [-0.15, -0.1) is 0 Å². The van der Waals surface area contributed by atoms with Gasteiger partial charge in [-0.25, -0.2) is 9.18 Å². The van der Waals surface area contributed by atoms with Gasteiger partial charge in [-0.2, -0.15) is 0 Å². The second kappa shape index (κ2) is 9.58. The minimum atomic E-state index is -0.501. The maximum absolute atomic E-state index is 12.9. The van der Waals surface area contributed by atoms with Gasteiger partial charge in [0.2, 0.25) is 0 Å². The van der Waals surface area contributed by atoms with Crippen LogP contribution in [0.5, 0.6) is 5.75 Å². The van der Waals surface area contributed by atoms with Crippen molar-refractivity contribution in [1.82, 2.24) is 10.2 Å². The Hall–Kier alpha value is -2.84. The van der Waals surface area contributed by atoms with Crippen molar-refractivity contribution in [2.24, 2.45) is 0 Å². The van der Waals surface area contributed by atoms with Crippen molar-refractivity contribution in [2.75, 3.05) is 26.2 Å². The number of hydrogen-bond acceptors (Lipinski definition) is 5. The first-order valence-electron chi connectivity index (χ1n) is 8.97. The number of carbonyl (C=O) groups is 2. The molecular weight excluding hydrogens is 403 g/mol. The van der Waals surface area contributed by atoms with Crippen LogP contribution in [0.2, 0.25) is 5.02 Å². The van der Waals surface area contributed by atoms with Crippen LogP contribution < -0.4 is 5.32 Å². The number of hydrogen-bond donors (Lipinski definition) is 2. The molecule has 9 heteroatoms. The summed E-state index contributed by atoms with van der Waals surface area (Å²) in [5.41, 5.74) is 0.989. The smallest absolute Gasteiger partial charge is 0.410 e. The lowest BCUT2D eigenvalue weighted by molar-refractivity contribution is -0.0263. The monoisotopic (exact) mass is 422 g/mol. The van der Waals surface area contributed by atoms with Gasteiger partial charge >= 0.3 is 6.09 Å². The van der Waals surface area contributed by atoms with E-state index in [1.165, 1.54) is 35.2 Å². The van der Waals surface area contributed by atoms with Gasteiger partial charge in [0.25, 0.3) is 5.91 Å². The Bertz CT molecular complexity index is 878. The summed E-state index contributed by atoms with van der Waals surface area (Å²) in [4.78, 5) is 26.0. The fourth-order valence-electron chi connectivity index (χ4n) is 2.78. The van der Waals surface area contributed by atoms with Crippen molar-refractivity contribution in [3.05, 3.63) is 64.4 Å². The van der Waals surface area contributed by atoms with Gasteiger partial charge in [-0.3, -0.25) is 4.79 Å². The van der Waals surface area contributed by atoms with Crippen molar-refractivity contribution >= 4 is 23.6 Å². The highest BCUT2D eigenvalue weighted by Gasteiger charge is 2.25. The molecule has 29 heavy (non-hydrogen) atoms. The first-order chi connectivity index (χ1) is 13.9. The summed E-state index contributed by atoms with van der Waals surface area (Å²) in [7, 11) is 0. The topological polar surface area (TPSA) is 88.1 Å². The fraction of sp³-hybridized carbons (Fsp3) is 0.300. The first-order valence-corrected chi connectivity index (χ1v) is 9.34. The van der Waals surface area contributed by atoms with Crippen LogP contribution in [-0.4, -0.2) is 54.4 Å². The molecule has 1 saturated heterocycles. The van der Waals surface area contributed by atoms with Gasteiger partial charge in [0.1, 0.15) is 18.2 Å². The van der Waals surface area contributed by atoms with Crippen LogP contribution in [-0.2, 0) is 16.1 Å². The number of carbonyl (C=O) groups excluding carboxylic acids is 2. The molecule has 2 aromatic carbocycles. The number of rotatable bonds is 5. The second-order valence-corrected chi connectivity index (χ2v) is 6.90. The van der Waals surface area contributed by atoms with Gasteiger partial charge in [0, 0.05) is 18.7 Å². The van der Waals surface area contributed by atoms with Crippen LogP contribution in [0.1, 0.15) is 15.9 Å². The molecular formula is C20H20ClFN2O5. The van der Waals surface area contributed by atoms with E-state index in [9.17, 15) is 19.1 Å². The number of nitrogens with zero attached hydrogens (tertiary/aromatic N) is 1. The molecule has 0 saturated carbocycles. The average molecular weight is 423 g/mol. The summed E-state index contributed by atoms with van der Waals surface area (Å²) in [6.45, 7) is 1.19. The van der Waals surface area contributed by atoms with Crippen molar-refractivity contribution < 1.29 is 28.6 Å². The number of halogens is 2. The summed E-state index contributed by atoms with van der Waals surface area (Å²) in [5, 5.41) is 12.2. The quantitative estimate of drug-likeness (QED) is 0.773. The third-order valence-electron chi connectivity index (χ3n) is 4.37. The summed E-state index contributed by atoms with van der Waals surface area (Å²) in [5.74, 6) is -0.826. The number of ether oxygens (including phenoxy) is 2. The molecule has 0 radical (unpaired) electrons. The molecule has 0 aromatic heterocycles. The molecule has 2 aromatic rings. The van der Waals surface area contributed by atoms with Crippen LogP contribution in [0.25, 0.3) is 0 Å². The normalized spacial score (nSPS) is 16.3. The molecule has 0 bridgehead atoms. The fourth-order valence-corrected chi connectivity index (χ4v) is 2.96. The number of morpholine rings is 1. The zero-order valence-corrected chi connectivity index (χ0v) is 16.2. The molecule has 1 aliphatic heterocycles. The predicted molar refractivity (Wildman–Crippen MR) is 103 cm³/mol. The molecule has 1 unspecified atom stereocenters. The SMILES string of the molecule is O=C(NCC1CN(C(=O)OCc2ccc(F)cc2)CCO1)c1ccc(O)c(Cl)c1. The van der Waals surface area contributed by atoms with Crippen molar-refractivity contribution in [2.45, 2.75) is 12.7 Å². The predicted octanol–water partition coefficient (Wildman–Crippen LogP) is 2.95. The standard InChI is InChI=1S/C20H20ClFN2O5/c21-17-9-14(3-6-18(17)25)19(26)23-10-16-11-24(7-8-28-16)20(27)29-12-13-1-4-15(22)5-2-13/h1-6,9,16,25H,7-8,10-12H2,(H,23,26). The minimum absolute atomic E-state index is 0.0412. The Morgan fingerprint density at radius 2 is 2.03 bits per heavy atom. The number of phenols is 1. The third kappa shape index (κ3) is 5.82. The Kier molecular flexibility index (Phi) is 6.90. The zero-order chi connectivity index (χ0) is 20.8. The van der Waals surface area contributed by atoms with Gasteiger partial charge < -0.3 is 24.8 Å². The van der Waals surface area contributed by atoms with Crippen molar-refractivity contribution in [3.63, 3.8) is 0 Å². The first kappa shape index (κ1) is 20.9. The molecule has 0 spiro atoms. The van der Waals surface area contributed by atoms with E-state index in [4.69, 9.17) is 21.1 Å². The lowest BCUT2D eigenvalue weighted by atomic mass is 10.2. The van der Waals surface area contributed by atoms with Gasteiger partial charge in [0.05, 0.1) is 24.3 Å². The summed E-state index contributed by atoms with van der Waals surface area (Å²) in [6, 6.07) is 9.87.